The van der Waals surface area contributed by atoms with E-state index in [2.05, 4.69) is 9.98 Å². The number of rotatable bonds is 5. The van der Waals surface area contributed by atoms with E-state index in [9.17, 15) is 9.90 Å². The summed E-state index contributed by atoms with van der Waals surface area (Å²) in [6.45, 7) is 0. The largest absolute Gasteiger partial charge is 0.506 e. The van der Waals surface area contributed by atoms with E-state index in [1.54, 1.807) is 44.6 Å². The van der Waals surface area contributed by atoms with Crippen molar-refractivity contribution in [2.45, 2.75) is 0 Å². The number of ether oxygens (including phenoxy) is 2. The van der Waals surface area contributed by atoms with Crippen molar-refractivity contribution >= 4 is 33.7 Å². The van der Waals surface area contributed by atoms with Gasteiger partial charge in [0.05, 0.1) is 25.3 Å². The number of hydrogen-bond donors (Lipinski definition) is 1. The van der Waals surface area contributed by atoms with E-state index in [1.165, 1.54) is 17.6 Å². The van der Waals surface area contributed by atoms with E-state index in [0.29, 0.717) is 33.3 Å². The molecule has 0 amide bonds. The standard InChI is InChI=1S/C21H16N2O5S/c1-26-17-8-7-12(9-18(17)27-2)15-11-29-21(23-15)22-10-14-19(24)13-5-3-4-6-16(13)28-20(14)25/h3-11,24H,1-2H3/b22-10+. The van der Waals surface area contributed by atoms with E-state index >= 15 is 0 Å². The first-order chi connectivity index (χ1) is 14.1. The van der Waals surface area contributed by atoms with Gasteiger partial charge in [0.1, 0.15) is 16.9 Å². The minimum Gasteiger partial charge on any atom is -0.506 e. The molecule has 0 bridgehead atoms. The maximum atomic E-state index is 12.2. The summed E-state index contributed by atoms with van der Waals surface area (Å²) in [6.07, 6.45) is 1.27. The lowest BCUT2D eigenvalue weighted by Crippen LogP contribution is -2.06. The number of thiazole rings is 1. The summed E-state index contributed by atoms with van der Waals surface area (Å²) < 4.78 is 15.8. The maximum absolute atomic E-state index is 12.2. The number of aromatic hydroxyl groups is 1. The molecule has 0 saturated heterocycles. The number of fused-ring (bicyclic) bond motifs is 1. The highest BCUT2D eigenvalue weighted by Crippen LogP contribution is 2.34. The number of hydrogen-bond acceptors (Lipinski definition) is 8. The zero-order valence-electron chi connectivity index (χ0n) is 15.6. The van der Waals surface area contributed by atoms with Gasteiger partial charge in [-0.2, -0.15) is 0 Å². The van der Waals surface area contributed by atoms with Gasteiger partial charge in [0.15, 0.2) is 11.5 Å². The van der Waals surface area contributed by atoms with Crippen LogP contribution in [0.15, 0.2) is 62.0 Å². The first-order valence-electron chi connectivity index (χ1n) is 8.57. The number of aromatic nitrogens is 1. The number of para-hydroxylation sites is 1. The molecule has 0 fully saturated rings. The molecular weight excluding hydrogens is 392 g/mol. The Balaban J connectivity index is 1.66. The van der Waals surface area contributed by atoms with Crippen molar-refractivity contribution in [3.05, 3.63) is 63.8 Å². The van der Waals surface area contributed by atoms with Crippen LogP contribution in [0.1, 0.15) is 5.56 Å². The summed E-state index contributed by atoms with van der Waals surface area (Å²) in [6, 6.07) is 12.3. The molecule has 1 N–H and O–H groups in total. The first kappa shape index (κ1) is 18.7. The minimum atomic E-state index is -0.665. The first-order valence-corrected chi connectivity index (χ1v) is 9.45. The molecule has 2 aromatic heterocycles. The summed E-state index contributed by atoms with van der Waals surface area (Å²) in [5.74, 6) is 1.06. The third-order valence-electron chi connectivity index (χ3n) is 4.30. The molecule has 4 aromatic rings. The highest BCUT2D eigenvalue weighted by molar-refractivity contribution is 7.13. The number of aliphatic imine (C=N–C) groups is 1. The van der Waals surface area contributed by atoms with Gasteiger partial charge >= 0.3 is 5.63 Å². The molecule has 146 valence electrons. The van der Waals surface area contributed by atoms with Gasteiger partial charge in [-0.25, -0.2) is 14.8 Å². The molecule has 2 aromatic carbocycles. The number of nitrogens with zero attached hydrogens (tertiary/aromatic N) is 2. The molecule has 2 heterocycles. The van der Waals surface area contributed by atoms with Gasteiger partial charge in [0.25, 0.3) is 0 Å². The summed E-state index contributed by atoms with van der Waals surface area (Å²) in [5.41, 5.74) is 1.18. The normalized spacial score (nSPS) is 11.2. The maximum Gasteiger partial charge on any atom is 0.348 e. The van der Waals surface area contributed by atoms with Crippen LogP contribution in [0.4, 0.5) is 5.13 Å². The van der Waals surface area contributed by atoms with Gasteiger partial charge in [0, 0.05) is 17.2 Å². The Bertz CT molecular complexity index is 1280. The van der Waals surface area contributed by atoms with E-state index < -0.39 is 5.63 Å². The van der Waals surface area contributed by atoms with Gasteiger partial charge < -0.3 is 19.0 Å². The molecule has 8 heteroatoms. The Morgan fingerprint density at radius 3 is 2.72 bits per heavy atom. The lowest BCUT2D eigenvalue weighted by atomic mass is 10.1. The van der Waals surface area contributed by atoms with Crippen LogP contribution >= 0.6 is 11.3 Å². The van der Waals surface area contributed by atoms with Crippen molar-refractivity contribution < 1.29 is 19.0 Å². The summed E-state index contributed by atoms with van der Waals surface area (Å²) >= 11 is 1.31. The van der Waals surface area contributed by atoms with Crippen LogP contribution < -0.4 is 15.1 Å². The van der Waals surface area contributed by atoms with E-state index in [4.69, 9.17) is 13.9 Å². The lowest BCUT2D eigenvalue weighted by molar-refractivity contribution is 0.355. The molecule has 0 spiro atoms. The average Bonchev–Trinajstić information content (AvgIpc) is 3.22. The molecule has 0 aliphatic rings. The molecule has 0 aliphatic heterocycles. The fourth-order valence-corrected chi connectivity index (χ4v) is 3.50. The zero-order chi connectivity index (χ0) is 20.4. The second-order valence-electron chi connectivity index (χ2n) is 5.99. The zero-order valence-corrected chi connectivity index (χ0v) is 16.4. The molecule has 0 unspecified atom stereocenters. The predicted octanol–water partition coefficient (Wildman–Crippen LogP) is 4.39. The summed E-state index contributed by atoms with van der Waals surface area (Å²) in [7, 11) is 3.14. The highest BCUT2D eigenvalue weighted by atomic mass is 32.1. The molecule has 29 heavy (non-hydrogen) atoms. The fourth-order valence-electron chi connectivity index (χ4n) is 2.83. The predicted molar refractivity (Wildman–Crippen MR) is 112 cm³/mol. The monoisotopic (exact) mass is 408 g/mol. The second-order valence-corrected chi connectivity index (χ2v) is 6.83. The molecule has 0 radical (unpaired) electrons. The Hall–Kier alpha value is -3.65. The Morgan fingerprint density at radius 2 is 1.93 bits per heavy atom. The van der Waals surface area contributed by atoms with Crippen molar-refractivity contribution in [1.29, 1.82) is 0 Å². The summed E-state index contributed by atoms with van der Waals surface area (Å²) in [5, 5.41) is 13.1. The van der Waals surface area contributed by atoms with E-state index in [-0.39, 0.29) is 11.3 Å². The van der Waals surface area contributed by atoms with Crippen molar-refractivity contribution in [3.8, 4) is 28.5 Å². The molecule has 0 atom stereocenters. The highest BCUT2D eigenvalue weighted by Gasteiger charge is 2.13. The third-order valence-corrected chi connectivity index (χ3v) is 5.04. The van der Waals surface area contributed by atoms with Crippen LogP contribution in [-0.2, 0) is 0 Å². The molecule has 0 aliphatic carbocycles. The smallest absolute Gasteiger partial charge is 0.348 e. The van der Waals surface area contributed by atoms with Gasteiger partial charge in [-0.15, -0.1) is 11.3 Å². The van der Waals surface area contributed by atoms with Crippen LogP contribution in [0.5, 0.6) is 17.2 Å². The summed E-state index contributed by atoms with van der Waals surface area (Å²) in [4.78, 5) is 20.9. The molecular formula is C21H16N2O5S. The average molecular weight is 408 g/mol. The van der Waals surface area contributed by atoms with Crippen LogP contribution in [0.25, 0.3) is 22.2 Å². The van der Waals surface area contributed by atoms with Crippen LogP contribution in [0, 0.1) is 0 Å². The van der Waals surface area contributed by atoms with Crippen molar-refractivity contribution in [2.75, 3.05) is 14.2 Å². The van der Waals surface area contributed by atoms with Crippen molar-refractivity contribution in [1.82, 2.24) is 4.98 Å². The quantitative estimate of drug-likeness (QED) is 0.389. The SMILES string of the molecule is COc1ccc(-c2csc(/N=C/c3c(O)c4ccccc4oc3=O)n2)cc1OC. The van der Waals surface area contributed by atoms with E-state index in [0.717, 1.165) is 5.56 Å². The Labute approximate surface area is 169 Å². The van der Waals surface area contributed by atoms with E-state index in [1.807, 2.05) is 17.5 Å². The molecule has 0 saturated carbocycles. The fraction of sp³-hybridized carbons (Fsp3) is 0.0952. The van der Waals surface area contributed by atoms with Gasteiger partial charge in [-0.3, -0.25) is 0 Å². The Morgan fingerprint density at radius 1 is 1.14 bits per heavy atom. The molecule has 4 rings (SSSR count). The van der Waals surface area contributed by atoms with Crippen molar-refractivity contribution in [2.24, 2.45) is 4.99 Å². The van der Waals surface area contributed by atoms with Gasteiger partial charge in [-0.05, 0) is 30.3 Å². The Kier molecular flexibility index (Phi) is 5.01. The minimum absolute atomic E-state index is 0.0217. The van der Waals surface area contributed by atoms with Gasteiger partial charge in [-0.1, -0.05) is 12.1 Å². The molecule has 7 nitrogen and oxygen atoms in total. The second kappa shape index (κ2) is 7.76. The third kappa shape index (κ3) is 3.57. The van der Waals surface area contributed by atoms with Crippen molar-refractivity contribution in [3.63, 3.8) is 0 Å². The number of methoxy groups -OCH3 is 2. The van der Waals surface area contributed by atoms with Crippen LogP contribution in [-0.4, -0.2) is 30.5 Å². The lowest BCUT2D eigenvalue weighted by Gasteiger charge is -2.08. The van der Waals surface area contributed by atoms with Crippen LogP contribution in [0.3, 0.4) is 0 Å². The van der Waals surface area contributed by atoms with Crippen LogP contribution in [0.2, 0.25) is 0 Å². The number of benzene rings is 2. The van der Waals surface area contributed by atoms with Gasteiger partial charge in [0.2, 0.25) is 5.13 Å². The topological polar surface area (TPSA) is 94.2 Å².